The Morgan fingerprint density at radius 1 is 1.06 bits per heavy atom. The normalized spacial score (nSPS) is 12.7. The van der Waals surface area contributed by atoms with Gasteiger partial charge in [-0.05, 0) is 38.5 Å². The van der Waals surface area contributed by atoms with Gasteiger partial charge in [-0.15, -0.1) is 0 Å². The van der Waals surface area contributed by atoms with Crippen molar-refractivity contribution in [3.8, 4) is 0 Å². The molecule has 2 amide bonds. The van der Waals surface area contributed by atoms with Gasteiger partial charge in [0, 0.05) is 6.20 Å². The average Bonchev–Trinajstić information content (AvgIpc) is 2.70. The summed E-state index contributed by atoms with van der Waals surface area (Å²) in [5, 5.41) is 5.00. The van der Waals surface area contributed by atoms with Crippen LogP contribution in [0.25, 0.3) is 0 Å². The van der Waals surface area contributed by atoms with E-state index < -0.39 is 35.4 Å². The zero-order valence-electron chi connectivity index (χ0n) is 18.0. The quantitative estimate of drug-likeness (QED) is 0.634. The van der Waals surface area contributed by atoms with Gasteiger partial charge in [-0.2, -0.15) is 13.2 Å². The van der Waals surface area contributed by atoms with E-state index >= 15 is 0 Å². The average molecular weight is 453 g/mol. The highest BCUT2D eigenvalue weighted by atomic mass is 19.4. The molecule has 0 aliphatic rings. The van der Waals surface area contributed by atoms with Crippen molar-refractivity contribution >= 4 is 12.0 Å². The number of carbonyl (C=O) groups excluding carboxylic acids is 2. The van der Waals surface area contributed by atoms with Gasteiger partial charge in [-0.1, -0.05) is 30.3 Å². The molecule has 1 aromatic carbocycles. The highest BCUT2D eigenvalue weighted by Crippen LogP contribution is 2.28. The lowest BCUT2D eigenvalue weighted by atomic mass is 10.2. The van der Waals surface area contributed by atoms with Gasteiger partial charge in [-0.25, -0.2) is 4.79 Å². The Balaban J connectivity index is 1.97. The van der Waals surface area contributed by atoms with Crippen molar-refractivity contribution in [1.29, 1.82) is 0 Å². The Morgan fingerprint density at radius 2 is 1.75 bits per heavy atom. The van der Waals surface area contributed by atoms with E-state index in [2.05, 4.69) is 15.6 Å². The van der Waals surface area contributed by atoms with Gasteiger partial charge in [0.05, 0.1) is 31.0 Å². The first-order valence-corrected chi connectivity index (χ1v) is 9.85. The SMILES string of the molecule is CC(C)(C)OC(=O)N[C@H](COCc1ccccc1)C(=O)NCc1ccc(C(F)(F)F)cn1. The van der Waals surface area contributed by atoms with Gasteiger partial charge >= 0.3 is 12.3 Å². The fourth-order valence-corrected chi connectivity index (χ4v) is 2.50. The molecule has 1 aromatic heterocycles. The van der Waals surface area contributed by atoms with Crippen LogP contribution in [0.4, 0.5) is 18.0 Å². The molecule has 0 saturated carbocycles. The first-order valence-electron chi connectivity index (χ1n) is 9.85. The number of nitrogens with one attached hydrogen (secondary N) is 2. The molecule has 32 heavy (non-hydrogen) atoms. The first kappa shape index (κ1) is 25.1. The lowest BCUT2D eigenvalue weighted by Gasteiger charge is -2.23. The fourth-order valence-electron chi connectivity index (χ4n) is 2.50. The number of halogens is 3. The van der Waals surface area contributed by atoms with Crippen molar-refractivity contribution in [3.05, 3.63) is 65.5 Å². The number of benzene rings is 1. The monoisotopic (exact) mass is 453 g/mol. The number of pyridine rings is 1. The Labute approximate surface area is 184 Å². The van der Waals surface area contributed by atoms with Gasteiger partial charge in [-0.3, -0.25) is 9.78 Å². The maximum absolute atomic E-state index is 12.6. The minimum atomic E-state index is -4.49. The number of alkyl halides is 3. The van der Waals surface area contributed by atoms with Crippen LogP contribution >= 0.6 is 0 Å². The van der Waals surface area contributed by atoms with Crippen molar-refractivity contribution < 1.29 is 32.2 Å². The van der Waals surface area contributed by atoms with Gasteiger partial charge in [0.15, 0.2) is 0 Å². The van der Waals surface area contributed by atoms with Crippen molar-refractivity contribution in [2.45, 2.75) is 51.7 Å². The van der Waals surface area contributed by atoms with Crippen LogP contribution in [0.15, 0.2) is 48.7 Å². The van der Waals surface area contributed by atoms with Crippen LogP contribution in [-0.4, -0.2) is 35.2 Å². The van der Waals surface area contributed by atoms with Crippen LogP contribution in [0.2, 0.25) is 0 Å². The van der Waals surface area contributed by atoms with Gasteiger partial charge < -0.3 is 20.1 Å². The molecule has 0 spiro atoms. The predicted molar refractivity (Wildman–Crippen MR) is 110 cm³/mol. The molecule has 0 bridgehead atoms. The molecule has 2 N–H and O–H groups in total. The molecule has 2 aromatic rings. The lowest BCUT2D eigenvalue weighted by Crippen LogP contribution is -2.50. The number of carbonyl (C=O) groups is 2. The Morgan fingerprint density at radius 3 is 2.31 bits per heavy atom. The fraction of sp³-hybridized carbons (Fsp3) is 0.409. The van der Waals surface area contributed by atoms with E-state index in [4.69, 9.17) is 9.47 Å². The van der Waals surface area contributed by atoms with E-state index in [0.29, 0.717) is 6.20 Å². The van der Waals surface area contributed by atoms with Crippen molar-refractivity contribution in [2.75, 3.05) is 6.61 Å². The lowest BCUT2D eigenvalue weighted by molar-refractivity contribution is -0.137. The minimum Gasteiger partial charge on any atom is -0.444 e. The van der Waals surface area contributed by atoms with Crippen LogP contribution in [0.1, 0.15) is 37.6 Å². The second-order valence-electron chi connectivity index (χ2n) is 7.95. The van der Waals surface area contributed by atoms with Crippen LogP contribution in [0, 0.1) is 0 Å². The Kier molecular flexibility index (Phi) is 8.59. The number of rotatable bonds is 8. The summed E-state index contributed by atoms with van der Waals surface area (Å²) in [6.07, 6.45) is -4.60. The molecule has 1 atom stereocenters. The molecule has 0 aliphatic heterocycles. The number of nitrogens with zero attached hydrogens (tertiary/aromatic N) is 1. The molecule has 2 rings (SSSR count). The van der Waals surface area contributed by atoms with Gasteiger partial charge in [0.25, 0.3) is 0 Å². The third-order valence-electron chi connectivity index (χ3n) is 4.00. The van der Waals surface area contributed by atoms with E-state index in [1.165, 1.54) is 6.07 Å². The van der Waals surface area contributed by atoms with Gasteiger partial charge in [0.1, 0.15) is 11.6 Å². The van der Waals surface area contributed by atoms with E-state index in [0.717, 1.165) is 11.6 Å². The molecule has 0 radical (unpaired) electrons. The number of aromatic nitrogens is 1. The minimum absolute atomic E-state index is 0.123. The standard InChI is InChI=1S/C22H26F3N3O4/c1-21(2,3)32-20(30)28-18(14-31-13-15-7-5-4-6-8-15)19(29)27-12-17-10-9-16(11-26-17)22(23,24)25/h4-11,18H,12-14H2,1-3H3,(H,27,29)(H,28,30)/t18-/m1/s1. The number of alkyl carbamates (subject to hydrolysis) is 1. The third-order valence-corrected chi connectivity index (χ3v) is 4.00. The zero-order valence-corrected chi connectivity index (χ0v) is 18.0. The molecule has 0 saturated heterocycles. The summed E-state index contributed by atoms with van der Waals surface area (Å²) >= 11 is 0. The van der Waals surface area contributed by atoms with Crippen molar-refractivity contribution in [1.82, 2.24) is 15.6 Å². The summed E-state index contributed by atoms with van der Waals surface area (Å²) in [6, 6.07) is 10.2. The summed E-state index contributed by atoms with van der Waals surface area (Å²) in [7, 11) is 0. The van der Waals surface area contributed by atoms with Crippen LogP contribution in [0.5, 0.6) is 0 Å². The summed E-state index contributed by atoms with van der Waals surface area (Å²) in [6.45, 7) is 5.02. The molecule has 174 valence electrons. The summed E-state index contributed by atoms with van der Waals surface area (Å²) in [5.74, 6) is -0.592. The second kappa shape index (κ2) is 10.9. The second-order valence-corrected chi connectivity index (χ2v) is 7.95. The molecule has 10 heteroatoms. The number of ether oxygens (including phenoxy) is 2. The topological polar surface area (TPSA) is 89.5 Å². The van der Waals surface area contributed by atoms with Crippen LogP contribution in [0.3, 0.4) is 0 Å². The maximum atomic E-state index is 12.6. The highest BCUT2D eigenvalue weighted by Gasteiger charge is 2.30. The zero-order chi connectivity index (χ0) is 23.8. The molecule has 0 fully saturated rings. The van der Waals surface area contributed by atoms with Crippen LogP contribution < -0.4 is 10.6 Å². The third kappa shape index (κ3) is 8.93. The van der Waals surface area contributed by atoms with E-state index in [1.807, 2.05) is 30.3 Å². The number of amides is 2. The molecular weight excluding hydrogens is 427 g/mol. The summed E-state index contributed by atoms with van der Waals surface area (Å²) in [4.78, 5) is 28.5. The summed E-state index contributed by atoms with van der Waals surface area (Å²) < 4.78 is 48.7. The molecule has 0 aliphatic carbocycles. The van der Waals surface area contributed by atoms with Crippen molar-refractivity contribution in [2.24, 2.45) is 0 Å². The number of hydrogen-bond acceptors (Lipinski definition) is 5. The largest absolute Gasteiger partial charge is 0.444 e. The van der Waals surface area contributed by atoms with Crippen LogP contribution in [-0.2, 0) is 33.6 Å². The Hall–Kier alpha value is -3.14. The van der Waals surface area contributed by atoms with Crippen molar-refractivity contribution in [3.63, 3.8) is 0 Å². The molecule has 7 nitrogen and oxygen atoms in total. The Bertz CT molecular complexity index is 882. The number of hydrogen-bond donors (Lipinski definition) is 2. The molecule has 0 unspecified atom stereocenters. The van der Waals surface area contributed by atoms with E-state index in [9.17, 15) is 22.8 Å². The molecular formula is C22H26F3N3O4. The summed E-state index contributed by atoms with van der Waals surface area (Å²) in [5.41, 5.74) is -0.531. The molecule has 1 heterocycles. The van der Waals surface area contributed by atoms with E-state index in [1.54, 1.807) is 20.8 Å². The predicted octanol–water partition coefficient (Wildman–Crippen LogP) is 3.83. The van der Waals surface area contributed by atoms with Gasteiger partial charge in [0.2, 0.25) is 5.91 Å². The van der Waals surface area contributed by atoms with E-state index in [-0.39, 0.29) is 25.5 Å². The first-order chi connectivity index (χ1) is 14.9. The maximum Gasteiger partial charge on any atom is 0.417 e. The highest BCUT2D eigenvalue weighted by molar-refractivity contribution is 5.85. The smallest absolute Gasteiger partial charge is 0.417 e.